The summed E-state index contributed by atoms with van der Waals surface area (Å²) >= 11 is 5.08. The van der Waals surface area contributed by atoms with Crippen molar-refractivity contribution in [3.63, 3.8) is 0 Å². The Labute approximate surface area is 194 Å². The molecule has 166 valence electrons. The summed E-state index contributed by atoms with van der Waals surface area (Å²) in [6, 6.07) is 3.95. The number of ether oxygens (including phenoxy) is 2. The lowest BCUT2D eigenvalue weighted by Gasteiger charge is -2.20. The summed E-state index contributed by atoms with van der Waals surface area (Å²) in [5.41, 5.74) is 12.7. The van der Waals surface area contributed by atoms with Crippen molar-refractivity contribution in [2.45, 2.75) is 54.7 Å². The highest BCUT2D eigenvalue weighted by Gasteiger charge is 2.25. The van der Waals surface area contributed by atoms with Crippen LogP contribution in [0.1, 0.15) is 37.8 Å². The Hall–Kier alpha value is -2.17. The van der Waals surface area contributed by atoms with Gasteiger partial charge in [-0.1, -0.05) is 31.2 Å². The highest BCUT2D eigenvalue weighted by molar-refractivity contribution is 9.10. The molecule has 0 amide bonds. The molecule has 10 heteroatoms. The molecule has 31 heavy (non-hydrogen) atoms. The van der Waals surface area contributed by atoms with Crippen molar-refractivity contribution in [3.05, 3.63) is 35.1 Å². The minimum Gasteiger partial charge on any atom is -0.454 e. The molecular weight excluding hydrogens is 480 g/mol. The van der Waals surface area contributed by atoms with E-state index in [0.717, 1.165) is 15.8 Å². The number of benzene rings is 1. The number of anilines is 1. The van der Waals surface area contributed by atoms with Gasteiger partial charge in [0, 0.05) is 22.0 Å². The van der Waals surface area contributed by atoms with E-state index in [1.165, 1.54) is 37.4 Å². The van der Waals surface area contributed by atoms with Crippen LogP contribution in [0.4, 0.5) is 5.82 Å². The van der Waals surface area contributed by atoms with Crippen molar-refractivity contribution in [1.82, 2.24) is 9.55 Å². The highest BCUT2D eigenvalue weighted by atomic mass is 79.9. The van der Waals surface area contributed by atoms with E-state index in [4.69, 9.17) is 26.4 Å². The van der Waals surface area contributed by atoms with Crippen LogP contribution in [-0.4, -0.2) is 28.2 Å². The van der Waals surface area contributed by atoms with Gasteiger partial charge in [-0.25, -0.2) is 4.98 Å². The minimum atomic E-state index is -0.102. The van der Waals surface area contributed by atoms with E-state index in [1.807, 2.05) is 16.7 Å². The monoisotopic (exact) mass is 506 g/mol. The number of amidine groups is 1. The largest absolute Gasteiger partial charge is 0.454 e. The number of hydrogen-bond acceptors (Lipinski definition) is 7. The second kappa shape index (κ2) is 9.54. The molecule has 6 N–H and O–H groups in total. The van der Waals surface area contributed by atoms with Crippen LogP contribution >= 0.6 is 27.7 Å². The maximum Gasteiger partial charge on any atom is 0.231 e. The Morgan fingerprint density at radius 2 is 2.10 bits per heavy atom. The Balaban J connectivity index is 1.64. The zero-order valence-corrected chi connectivity index (χ0v) is 19.6. The molecule has 1 atom stereocenters. The van der Waals surface area contributed by atoms with Crippen LogP contribution in [0.2, 0.25) is 0 Å². The molecular formula is C21H27BrN6O2S. The molecule has 0 bridgehead atoms. The molecule has 0 radical (unpaired) electrons. The minimum absolute atomic E-state index is 0.102. The summed E-state index contributed by atoms with van der Waals surface area (Å²) in [4.78, 5) is 5.59. The number of nitrogens with zero attached hydrogens (tertiary/aromatic N) is 2. The SMILES string of the molecule is C=CNc1c(C(=N)N)nc(Sc2cc3c(cc2Br)OCO3)n1CCC(N)C1CCCC1. The zero-order valence-electron chi connectivity index (χ0n) is 17.2. The van der Waals surface area contributed by atoms with Gasteiger partial charge in [-0.15, -0.1) is 0 Å². The van der Waals surface area contributed by atoms with Crippen LogP contribution in [0.5, 0.6) is 11.5 Å². The summed E-state index contributed by atoms with van der Waals surface area (Å²) in [5.74, 6) is 2.53. The predicted molar refractivity (Wildman–Crippen MR) is 126 cm³/mol. The summed E-state index contributed by atoms with van der Waals surface area (Å²) in [5, 5.41) is 11.8. The summed E-state index contributed by atoms with van der Waals surface area (Å²) in [7, 11) is 0. The van der Waals surface area contributed by atoms with E-state index in [0.29, 0.717) is 40.6 Å². The van der Waals surface area contributed by atoms with Crippen molar-refractivity contribution < 1.29 is 9.47 Å². The molecule has 2 aromatic rings. The van der Waals surface area contributed by atoms with E-state index >= 15 is 0 Å². The quantitative estimate of drug-likeness (QED) is 0.295. The number of fused-ring (bicyclic) bond motifs is 1. The van der Waals surface area contributed by atoms with Gasteiger partial charge in [-0.05, 0) is 59.4 Å². The average molecular weight is 507 g/mol. The fourth-order valence-electron chi connectivity index (χ4n) is 4.12. The van der Waals surface area contributed by atoms with Crippen molar-refractivity contribution in [1.29, 1.82) is 5.41 Å². The molecule has 1 aliphatic heterocycles. The Kier molecular flexibility index (Phi) is 6.78. The number of nitrogens with two attached hydrogens (primary N) is 2. The predicted octanol–water partition coefficient (Wildman–Crippen LogP) is 4.27. The van der Waals surface area contributed by atoms with Gasteiger partial charge in [0.25, 0.3) is 0 Å². The Morgan fingerprint density at radius 3 is 2.77 bits per heavy atom. The Bertz CT molecular complexity index is 989. The van der Waals surface area contributed by atoms with Gasteiger partial charge in [0.15, 0.2) is 16.7 Å². The number of nitrogens with one attached hydrogen (secondary N) is 2. The van der Waals surface area contributed by atoms with E-state index < -0.39 is 0 Å². The van der Waals surface area contributed by atoms with E-state index in [-0.39, 0.29) is 18.7 Å². The van der Waals surface area contributed by atoms with Crippen molar-refractivity contribution in [3.8, 4) is 11.5 Å². The second-order valence-corrected chi connectivity index (χ2v) is 9.60. The first kappa shape index (κ1) is 22.0. The first-order valence-electron chi connectivity index (χ1n) is 10.3. The normalized spacial score (nSPS) is 16.5. The first-order chi connectivity index (χ1) is 15.0. The first-order valence-corrected chi connectivity index (χ1v) is 11.9. The second-order valence-electron chi connectivity index (χ2n) is 7.74. The number of rotatable bonds is 9. The van der Waals surface area contributed by atoms with E-state index in [9.17, 15) is 0 Å². The summed E-state index contributed by atoms with van der Waals surface area (Å²) in [6.07, 6.45) is 7.32. The van der Waals surface area contributed by atoms with Crippen molar-refractivity contribution in [2.75, 3.05) is 12.1 Å². The molecule has 0 spiro atoms. The highest BCUT2D eigenvalue weighted by Crippen LogP contribution is 2.43. The lowest BCUT2D eigenvalue weighted by Crippen LogP contribution is -2.30. The molecule has 8 nitrogen and oxygen atoms in total. The van der Waals surface area contributed by atoms with Crippen molar-refractivity contribution >= 4 is 39.3 Å². The van der Waals surface area contributed by atoms with Crippen LogP contribution < -0.4 is 26.3 Å². The van der Waals surface area contributed by atoms with Gasteiger partial charge in [0.1, 0.15) is 17.3 Å². The average Bonchev–Trinajstić information content (AvgIpc) is 3.47. The summed E-state index contributed by atoms with van der Waals surface area (Å²) < 4.78 is 13.9. The van der Waals surface area contributed by atoms with Gasteiger partial charge in [0.05, 0.1) is 0 Å². The van der Waals surface area contributed by atoms with Gasteiger partial charge >= 0.3 is 0 Å². The molecule has 1 fully saturated rings. The third-order valence-electron chi connectivity index (χ3n) is 5.75. The van der Waals surface area contributed by atoms with Crippen LogP contribution in [0, 0.1) is 11.3 Å². The molecule has 2 aliphatic rings. The van der Waals surface area contributed by atoms with Gasteiger partial charge in [0.2, 0.25) is 6.79 Å². The third-order valence-corrected chi connectivity index (χ3v) is 7.72. The fourth-order valence-corrected chi connectivity index (χ4v) is 5.64. The van der Waals surface area contributed by atoms with Crippen LogP contribution in [0.3, 0.4) is 0 Å². The smallest absolute Gasteiger partial charge is 0.231 e. The maximum absolute atomic E-state index is 7.99. The molecule has 1 unspecified atom stereocenters. The van der Waals surface area contributed by atoms with Gasteiger partial charge in [-0.3, -0.25) is 5.41 Å². The Morgan fingerprint density at radius 1 is 1.39 bits per heavy atom. The number of aromatic nitrogens is 2. The fraction of sp³-hybridized carbons (Fsp3) is 0.429. The van der Waals surface area contributed by atoms with Gasteiger partial charge < -0.3 is 30.8 Å². The topological polar surface area (TPSA) is 124 Å². The lowest BCUT2D eigenvalue weighted by molar-refractivity contribution is 0.174. The third kappa shape index (κ3) is 4.70. The zero-order chi connectivity index (χ0) is 22.0. The van der Waals surface area contributed by atoms with E-state index in [1.54, 1.807) is 6.20 Å². The van der Waals surface area contributed by atoms with Crippen LogP contribution in [0.15, 0.2) is 39.4 Å². The molecule has 1 aromatic carbocycles. The van der Waals surface area contributed by atoms with Crippen molar-refractivity contribution in [2.24, 2.45) is 17.4 Å². The number of imidazole rings is 1. The van der Waals surface area contributed by atoms with E-state index in [2.05, 4.69) is 32.8 Å². The summed E-state index contributed by atoms with van der Waals surface area (Å²) in [6.45, 7) is 4.65. The number of nitrogen functional groups attached to an aromatic ring is 1. The molecule has 2 heterocycles. The molecule has 1 aliphatic carbocycles. The van der Waals surface area contributed by atoms with Gasteiger partial charge in [-0.2, -0.15) is 0 Å². The lowest BCUT2D eigenvalue weighted by atomic mass is 9.96. The van der Waals surface area contributed by atoms with Crippen LogP contribution in [-0.2, 0) is 6.54 Å². The van der Waals surface area contributed by atoms with Crippen LogP contribution in [0.25, 0.3) is 0 Å². The molecule has 1 saturated carbocycles. The number of hydrogen-bond donors (Lipinski definition) is 4. The molecule has 1 aromatic heterocycles. The number of halogens is 1. The molecule has 4 rings (SSSR count). The molecule has 0 saturated heterocycles. The standard InChI is InChI=1S/C21H27BrN6O2S/c1-2-26-20-18(19(24)25)27-21(28(20)8-7-14(23)12-5-3-4-6-12)31-17-10-16-15(9-13(17)22)29-11-30-16/h2,9-10,12,14,26H,1,3-8,11,23H2,(H3,24,25). The maximum atomic E-state index is 7.99.